The van der Waals surface area contributed by atoms with Gasteiger partial charge in [0.2, 0.25) is 0 Å². The maximum absolute atomic E-state index is 11.8. The van der Waals surface area contributed by atoms with Gasteiger partial charge in [-0.25, -0.2) is 4.98 Å². The van der Waals surface area contributed by atoms with Gasteiger partial charge < -0.3 is 15.1 Å². The molecule has 7 heteroatoms. The zero-order valence-corrected chi connectivity index (χ0v) is 14.5. The lowest BCUT2D eigenvalue weighted by atomic mass is 10.1. The van der Waals surface area contributed by atoms with Crippen LogP contribution in [0.2, 0.25) is 0 Å². The molecule has 0 radical (unpaired) electrons. The van der Waals surface area contributed by atoms with Gasteiger partial charge in [-0.3, -0.25) is 9.69 Å². The van der Waals surface area contributed by atoms with Crippen molar-refractivity contribution in [2.45, 2.75) is 17.5 Å². The van der Waals surface area contributed by atoms with Crippen LogP contribution in [-0.2, 0) is 6.54 Å². The highest BCUT2D eigenvalue weighted by atomic mass is 32.2. The number of H-pyrrole nitrogens is 2. The Labute approximate surface area is 149 Å². The number of benzene rings is 1. The molecule has 4 rings (SSSR count). The van der Waals surface area contributed by atoms with Gasteiger partial charge in [0, 0.05) is 48.0 Å². The van der Waals surface area contributed by atoms with Crippen molar-refractivity contribution in [2.75, 3.05) is 18.8 Å². The number of nitrogens with zero attached hydrogens (tertiary/aromatic N) is 2. The first-order valence-electron chi connectivity index (χ1n) is 8.32. The van der Waals surface area contributed by atoms with E-state index < -0.39 is 0 Å². The zero-order valence-electron chi connectivity index (χ0n) is 13.7. The summed E-state index contributed by atoms with van der Waals surface area (Å²) in [5.74, 6) is 1.14. The van der Waals surface area contributed by atoms with E-state index in [9.17, 15) is 9.90 Å². The Hall–Kier alpha value is -2.09. The van der Waals surface area contributed by atoms with E-state index in [1.165, 1.54) is 11.2 Å². The largest absolute Gasteiger partial charge is 0.391 e. The molecule has 0 saturated carbocycles. The Morgan fingerprint density at radius 3 is 2.92 bits per heavy atom. The maximum atomic E-state index is 11.8. The Morgan fingerprint density at radius 1 is 1.24 bits per heavy atom. The van der Waals surface area contributed by atoms with Gasteiger partial charge in [0.05, 0.1) is 17.9 Å². The summed E-state index contributed by atoms with van der Waals surface area (Å²) in [7, 11) is 0. The summed E-state index contributed by atoms with van der Waals surface area (Å²) in [4.78, 5) is 25.1. The molecule has 130 valence electrons. The van der Waals surface area contributed by atoms with Crippen LogP contribution in [0.15, 0.2) is 52.5 Å². The Morgan fingerprint density at radius 2 is 2.08 bits per heavy atom. The summed E-state index contributed by atoms with van der Waals surface area (Å²) in [6, 6.07) is 10.3. The topological polar surface area (TPSA) is 85.0 Å². The summed E-state index contributed by atoms with van der Waals surface area (Å²) >= 11 is 1.79. The molecule has 1 fully saturated rings. The first-order chi connectivity index (χ1) is 12.2. The van der Waals surface area contributed by atoms with Gasteiger partial charge >= 0.3 is 0 Å². The van der Waals surface area contributed by atoms with E-state index in [4.69, 9.17) is 0 Å². The van der Waals surface area contributed by atoms with Crippen molar-refractivity contribution in [3.63, 3.8) is 0 Å². The first-order valence-corrected chi connectivity index (χ1v) is 9.31. The minimum absolute atomic E-state index is 0.158. The summed E-state index contributed by atoms with van der Waals surface area (Å²) in [5, 5.41) is 10.4. The lowest BCUT2D eigenvalue weighted by molar-refractivity contribution is 0.149. The molecule has 0 bridgehead atoms. The summed E-state index contributed by atoms with van der Waals surface area (Å²) in [6.07, 6.45) is 2.95. The molecule has 6 nitrogen and oxygen atoms in total. The van der Waals surface area contributed by atoms with Gasteiger partial charge in [-0.05, 0) is 12.1 Å². The van der Waals surface area contributed by atoms with Gasteiger partial charge in [-0.1, -0.05) is 18.2 Å². The van der Waals surface area contributed by atoms with Gasteiger partial charge in [0.25, 0.3) is 5.56 Å². The number of thioether (sulfide) groups is 1. The number of aliphatic hydroxyl groups excluding tert-OH is 1. The Balaban J connectivity index is 1.41. The molecule has 3 heterocycles. The van der Waals surface area contributed by atoms with Crippen LogP contribution in [0.1, 0.15) is 5.56 Å². The molecular weight excluding hydrogens is 336 g/mol. The molecule has 3 aromatic rings. The number of aliphatic hydroxyl groups is 1. The Bertz CT molecular complexity index is 908. The molecule has 2 unspecified atom stereocenters. The van der Waals surface area contributed by atoms with Crippen molar-refractivity contribution < 1.29 is 5.11 Å². The van der Waals surface area contributed by atoms with E-state index in [0.29, 0.717) is 24.1 Å². The fraction of sp³-hybridized carbons (Fsp3) is 0.333. The van der Waals surface area contributed by atoms with Crippen LogP contribution >= 0.6 is 11.8 Å². The number of likely N-dealkylation sites (tertiary alicyclic amines) is 1. The average Bonchev–Trinajstić information content (AvgIpc) is 3.19. The molecule has 0 amide bonds. The van der Waals surface area contributed by atoms with E-state index in [0.717, 1.165) is 17.9 Å². The number of β-amino-alcohol motifs (C(OH)–C–C–N with tert-alkyl or cyclic N) is 1. The van der Waals surface area contributed by atoms with E-state index >= 15 is 0 Å². The Kier molecular flexibility index (Phi) is 4.61. The van der Waals surface area contributed by atoms with Crippen molar-refractivity contribution in [2.24, 2.45) is 5.92 Å². The van der Waals surface area contributed by atoms with Crippen LogP contribution in [0.25, 0.3) is 11.0 Å². The summed E-state index contributed by atoms with van der Waals surface area (Å²) in [5.41, 5.74) is 2.05. The molecular formula is C18H20N4O2S. The summed E-state index contributed by atoms with van der Waals surface area (Å²) < 4.78 is 0. The number of hydrogen-bond donors (Lipinski definition) is 3. The normalized spacial score (nSPS) is 21.2. The van der Waals surface area contributed by atoms with Crippen LogP contribution in [0.3, 0.4) is 0 Å². The standard InChI is InChI=1S/C18H20N4O2S/c23-15-9-22(8-13(15)10-25-14-4-2-1-3-5-14)7-12-6-19-17-16(12)20-11-21-18(17)24/h1-6,11,13,15,19,23H,7-10H2,(H,20,21,24). The van der Waals surface area contributed by atoms with E-state index in [1.807, 2.05) is 24.4 Å². The third-order valence-corrected chi connectivity index (χ3v) is 5.83. The van der Waals surface area contributed by atoms with Crippen LogP contribution in [-0.4, -0.2) is 49.9 Å². The minimum Gasteiger partial charge on any atom is -0.391 e. The fourth-order valence-corrected chi connectivity index (χ4v) is 4.40. The molecule has 25 heavy (non-hydrogen) atoms. The van der Waals surface area contributed by atoms with Crippen LogP contribution < -0.4 is 5.56 Å². The summed E-state index contributed by atoms with van der Waals surface area (Å²) in [6.45, 7) is 2.17. The molecule has 1 aromatic carbocycles. The minimum atomic E-state index is -0.321. The first kappa shape index (κ1) is 16.4. The highest BCUT2D eigenvalue weighted by Gasteiger charge is 2.31. The highest BCUT2D eigenvalue weighted by Crippen LogP contribution is 2.27. The molecule has 3 N–H and O–H groups in total. The van der Waals surface area contributed by atoms with E-state index in [1.54, 1.807) is 11.8 Å². The maximum Gasteiger partial charge on any atom is 0.275 e. The quantitative estimate of drug-likeness (QED) is 0.608. The SMILES string of the molecule is O=c1[nH]cnc2c(CN3CC(O)C(CSc4ccccc4)C3)c[nH]c12. The number of fused-ring (bicyclic) bond motifs is 1. The predicted molar refractivity (Wildman–Crippen MR) is 98.7 cm³/mol. The monoisotopic (exact) mass is 356 g/mol. The lowest BCUT2D eigenvalue weighted by Gasteiger charge is -2.14. The van der Waals surface area contributed by atoms with Crippen LogP contribution in [0.5, 0.6) is 0 Å². The van der Waals surface area contributed by atoms with Gasteiger partial charge in [0.1, 0.15) is 5.52 Å². The molecule has 1 aliphatic rings. The zero-order chi connectivity index (χ0) is 17.2. The number of rotatable bonds is 5. The smallest absolute Gasteiger partial charge is 0.275 e. The third kappa shape index (κ3) is 3.49. The van der Waals surface area contributed by atoms with Crippen molar-refractivity contribution in [1.29, 1.82) is 0 Å². The van der Waals surface area contributed by atoms with Gasteiger partial charge in [-0.2, -0.15) is 0 Å². The molecule has 0 aliphatic carbocycles. The van der Waals surface area contributed by atoms with Gasteiger partial charge in [-0.15, -0.1) is 11.8 Å². The van der Waals surface area contributed by atoms with E-state index in [2.05, 4.69) is 32.0 Å². The second-order valence-corrected chi connectivity index (χ2v) is 7.51. The number of nitrogens with one attached hydrogen (secondary N) is 2. The highest BCUT2D eigenvalue weighted by molar-refractivity contribution is 7.99. The predicted octanol–water partition coefficient (Wildman–Crippen LogP) is 1.84. The molecule has 0 spiro atoms. The van der Waals surface area contributed by atoms with E-state index in [-0.39, 0.29) is 17.6 Å². The fourth-order valence-electron chi connectivity index (χ4n) is 3.32. The second kappa shape index (κ2) is 7.03. The molecule has 2 aromatic heterocycles. The lowest BCUT2D eigenvalue weighted by Crippen LogP contribution is -2.21. The molecule has 1 saturated heterocycles. The van der Waals surface area contributed by atoms with Crippen molar-refractivity contribution in [1.82, 2.24) is 19.9 Å². The second-order valence-electron chi connectivity index (χ2n) is 6.41. The van der Waals surface area contributed by atoms with Crippen molar-refractivity contribution in [3.8, 4) is 0 Å². The number of hydrogen-bond acceptors (Lipinski definition) is 5. The van der Waals surface area contributed by atoms with Crippen LogP contribution in [0, 0.1) is 5.92 Å². The van der Waals surface area contributed by atoms with Crippen molar-refractivity contribution in [3.05, 3.63) is 58.8 Å². The molecule has 1 aliphatic heterocycles. The molecule has 2 atom stereocenters. The van der Waals surface area contributed by atoms with Crippen molar-refractivity contribution >= 4 is 22.8 Å². The number of aromatic nitrogens is 3. The third-order valence-electron chi connectivity index (χ3n) is 4.63. The average molecular weight is 356 g/mol. The van der Waals surface area contributed by atoms with Gasteiger partial charge in [0.15, 0.2) is 0 Å². The van der Waals surface area contributed by atoms with Crippen LogP contribution in [0.4, 0.5) is 0 Å². The number of aromatic amines is 2.